The molecule has 1 heteroatoms. The Morgan fingerprint density at radius 3 is 1.38 bits per heavy atom. The Bertz CT molecular complexity index is 83.7. The molecule has 2 aliphatic rings. The van der Waals surface area contributed by atoms with Crippen molar-refractivity contribution in [3.05, 3.63) is 0 Å². The van der Waals surface area contributed by atoms with E-state index in [1.807, 2.05) is 0 Å². The zero-order valence-corrected chi connectivity index (χ0v) is 10.7. The van der Waals surface area contributed by atoms with Crippen molar-refractivity contribution in [2.24, 2.45) is 5.92 Å². The van der Waals surface area contributed by atoms with E-state index >= 15 is 0 Å². The first-order chi connectivity index (χ1) is 5.93. The Kier molecular flexibility index (Phi) is 9.63. The van der Waals surface area contributed by atoms with Gasteiger partial charge in [0, 0.05) is 19.5 Å². The van der Waals surface area contributed by atoms with Crippen LogP contribution in [-0.2, 0) is 19.5 Å². The van der Waals surface area contributed by atoms with E-state index in [4.69, 9.17) is 0 Å². The van der Waals surface area contributed by atoms with Crippen molar-refractivity contribution in [1.29, 1.82) is 0 Å². The maximum Gasteiger partial charge on any atom is 0 e. The smallest absolute Gasteiger partial charge is 0 e. The molecule has 0 bridgehead atoms. The minimum atomic E-state index is 0. The quantitative estimate of drug-likeness (QED) is 0.613. The van der Waals surface area contributed by atoms with Crippen molar-refractivity contribution in [3.8, 4) is 0 Å². The molecule has 0 radical (unpaired) electrons. The van der Waals surface area contributed by atoms with Crippen molar-refractivity contribution in [3.63, 3.8) is 0 Å². The van der Waals surface area contributed by atoms with E-state index in [1.165, 1.54) is 64.2 Å². The fraction of sp³-hybridized carbons (Fsp3) is 1.00. The van der Waals surface area contributed by atoms with Crippen LogP contribution in [0.15, 0.2) is 0 Å². The summed E-state index contributed by atoms with van der Waals surface area (Å²) in [6, 6.07) is 0. The molecular formula is C12H24Ru. The van der Waals surface area contributed by atoms with Gasteiger partial charge < -0.3 is 0 Å². The van der Waals surface area contributed by atoms with Gasteiger partial charge in [0.05, 0.1) is 0 Å². The van der Waals surface area contributed by atoms with Crippen LogP contribution in [0.5, 0.6) is 0 Å². The van der Waals surface area contributed by atoms with Crippen molar-refractivity contribution < 1.29 is 19.5 Å². The molecule has 0 aliphatic heterocycles. The van der Waals surface area contributed by atoms with E-state index in [1.54, 1.807) is 0 Å². The SMILES string of the molecule is C1CCCC1.CCC1CCCC1.[Ru]. The maximum atomic E-state index is 2.30. The molecule has 0 N–H and O–H groups in total. The molecule has 0 nitrogen and oxygen atoms in total. The van der Waals surface area contributed by atoms with Gasteiger partial charge in [-0.05, 0) is 5.92 Å². The Hall–Kier alpha value is 0.623. The molecule has 0 aromatic carbocycles. The first kappa shape index (κ1) is 13.6. The molecule has 2 aliphatic carbocycles. The zero-order valence-electron chi connectivity index (χ0n) is 9.00. The van der Waals surface area contributed by atoms with E-state index in [2.05, 4.69) is 6.92 Å². The predicted molar refractivity (Wildman–Crippen MR) is 55.3 cm³/mol. The van der Waals surface area contributed by atoms with Gasteiger partial charge in [0.2, 0.25) is 0 Å². The number of hydrogen-bond acceptors (Lipinski definition) is 0. The molecule has 2 rings (SSSR count). The van der Waals surface area contributed by atoms with Gasteiger partial charge >= 0.3 is 0 Å². The molecule has 80 valence electrons. The van der Waals surface area contributed by atoms with Gasteiger partial charge in [-0.1, -0.05) is 71.1 Å². The molecule has 13 heavy (non-hydrogen) atoms. The second-order valence-corrected chi connectivity index (χ2v) is 4.33. The summed E-state index contributed by atoms with van der Waals surface area (Å²) in [6.45, 7) is 2.30. The van der Waals surface area contributed by atoms with Crippen molar-refractivity contribution in [1.82, 2.24) is 0 Å². The second kappa shape index (κ2) is 9.19. The topological polar surface area (TPSA) is 0 Å². The average molecular weight is 269 g/mol. The Morgan fingerprint density at radius 2 is 1.15 bits per heavy atom. The summed E-state index contributed by atoms with van der Waals surface area (Å²) in [5, 5.41) is 0. The molecule has 2 saturated carbocycles. The average Bonchev–Trinajstić information content (AvgIpc) is 2.81. The molecule has 0 spiro atoms. The summed E-state index contributed by atoms with van der Waals surface area (Å²) in [6.07, 6.45) is 14.9. The van der Waals surface area contributed by atoms with Crippen LogP contribution in [0, 0.1) is 5.92 Å². The minimum absolute atomic E-state index is 0. The number of rotatable bonds is 1. The van der Waals surface area contributed by atoms with Crippen LogP contribution in [0.25, 0.3) is 0 Å². The monoisotopic (exact) mass is 270 g/mol. The van der Waals surface area contributed by atoms with Crippen molar-refractivity contribution in [2.75, 3.05) is 0 Å². The molecule has 0 amide bonds. The van der Waals surface area contributed by atoms with Crippen molar-refractivity contribution >= 4 is 0 Å². The molecule has 0 aromatic rings. The van der Waals surface area contributed by atoms with Crippen LogP contribution in [0.2, 0.25) is 0 Å². The van der Waals surface area contributed by atoms with Crippen LogP contribution < -0.4 is 0 Å². The summed E-state index contributed by atoms with van der Waals surface area (Å²) < 4.78 is 0. The van der Waals surface area contributed by atoms with Gasteiger partial charge in [-0.3, -0.25) is 0 Å². The third-order valence-corrected chi connectivity index (χ3v) is 3.30. The molecule has 0 saturated heterocycles. The standard InChI is InChI=1S/C7H14.C5H10.Ru/c1-2-7-5-3-4-6-7;1-2-4-5-3-1;/h7H,2-6H2,1H3;1-5H2;. The molecule has 2 fully saturated rings. The summed E-state index contributed by atoms with van der Waals surface area (Å²) in [5.41, 5.74) is 0. The van der Waals surface area contributed by atoms with Crippen LogP contribution in [0.1, 0.15) is 71.1 Å². The second-order valence-electron chi connectivity index (χ2n) is 4.33. The molecule has 0 aromatic heterocycles. The van der Waals surface area contributed by atoms with E-state index in [0.29, 0.717) is 0 Å². The first-order valence-corrected chi connectivity index (χ1v) is 5.93. The normalized spacial score (nSPS) is 21.9. The Morgan fingerprint density at radius 1 is 0.769 bits per heavy atom. The van der Waals surface area contributed by atoms with Gasteiger partial charge in [0.25, 0.3) is 0 Å². The van der Waals surface area contributed by atoms with Crippen LogP contribution in [0.3, 0.4) is 0 Å². The van der Waals surface area contributed by atoms with E-state index in [0.717, 1.165) is 5.92 Å². The Balaban J connectivity index is 0.000000215. The van der Waals surface area contributed by atoms with Gasteiger partial charge in [-0.2, -0.15) is 0 Å². The summed E-state index contributed by atoms with van der Waals surface area (Å²) >= 11 is 0. The summed E-state index contributed by atoms with van der Waals surface area (Å²) in [5.74, 6) is 1.10. The minimum Gasteiger partial charge on any atom is -0.0651 e. The summed E-state index contributed by atoms with van der Waals surface area (Å²) in [7, 11) is 0. The fourth-order valence-electron chi connectivity index (χ4n) is 2.30. The molecule has 0 unspecified atom stereocenters. The predicted octanol–water partition coefficient (Wildman–Crippen LogP) is 4.53. The van der Waals surface area contributed by atoms with Crippen molar-refractivity contribution in [2.45, 2.75) is 71.1 Å². The Labute approximate surface area is 96.6 Å². The van der Waals surface area contributed by atoms with Crippen LogP contribution in [0.4, 0.5) is 0 Å². The van der Waals surface area contributed by atoms with E-state index < -0.39 is 0 Å². The van der Waals surface area contributed by atoms with Gasteiger partial charge in [-0.15, -0.1) is 0 Å². The van der Waals surface area contributed by atoms with Gasteiger partial charge in [-0.25, -0.2) is 0 Å². The number of hydrogen-bond donors (Lipinski definition) is 0. The molecule has 0 heterocycles. The van der Waals surface area contributed by atoms with Crippen LogP contribution in [-0.4, -0.2) is 0 Å². The first-order valence-electron chi connectivity index (χ1n) is 5.93. The van der Waals surface area contributed by atoms with Gasteiger partial charge in [0.15, 0.2) is 0 Å². The van der Waals surface area contributed by atoms with Crippen LogP contribution >= 0.6 is 0 Å². The molecule has 0 atom stereocenters. The molecular weight excluding hydrogens is 245 g/mol. The third-order valence-electron chi connectivity index (χ3n) is 3.30. The van der Waals surface area contributed by atoms with E-state index in [9.17, 15) is 0 Å². The third kappa shape index (κ3) is 6.66. The van der Waals surface area contributed by atoms with E-state index in [-0.39, 0.29) is 19.5 Å². The van der Waals surface area contributed by atoms with Gasteiger partial charge in [0.1, 0.15) is 0 Å². The zero-order chi connectivity index (χ0) is 8.65. The largest absolute Gasteiger partial charge is 0.0651 e. The summed E-state index contributed by atoms with van der Waals surface area (Å²) in [4.78, 5) is 0. The fourth-order valence-corrected chi connectivity index (χ4v) is 2.30. The maximum absolute atomic E-state index is 2.30.